The Bertz CT molecular complexity index is 711. The summed E-state index contributed by atoms with van der Waals surface area (Å²) in [6, 6.07) is 0. The van der Waals surface area contributed by atoms with Gasteiger partial charge in [0.1, 0.15) is 0 Å². The van der Waals surface area contributed by atoms with E-state index in [-0.39, 0.29) is 23.4 Å². The molecule has 3 aliphatic rings. The molecular weight excluding hydrogens is 326 g/mol. The third-order valence-corrected chi connectivity index (χ3v) is 6.37. The number of ether oxygens (including phenoxy) is 1. The van der Waals surface area contributed by atoms with Crippen molar-refractivity contribution in [2.24, 2.45) is 16.1 Å². The van der Waals surface area contributed by atoms with Crippen LogP contribution in [0.3, 0.4) is 0 Å². The van der Waals surface area contributed by atoms with E-state index in [1.54, 1.807) is 20.2 Å². The van der Waals surface area contributed by atoms with E-state index in [1.807, 2.05) is 12.2 Å². The quantitative estimate of drug-likeness (QED) is 0.827. The number of guanidine groups is 1. The van der Waals surface area contributed by atoms with Gasteiger partial charge in [0, 0.05) is 19.6 Å². The first-order valence-corrected chi connectivity index (χ1v) is 9.26. The van der Waals surface area contributed by atoms with Crippen LogP contribution in [-0.2, 0) is 9.53 Å². The lowest BCUT2D eigenvalue weighted by molar-refractivity contribution is -0.135. The van der Waals surface area contributed by atoms with Crippen molar-refractivity contribution in [3.8, 4) is 0 Å². The van der Waals surface area contributed by atoms with E-state index in [2.05, 4.69) is 19.2 Å². The molecule has 0 aromatic carbocycles. The third-order valence-electron chi connectivity index (χ3n) is 6.37. The van der Waals surface area contributed by atoms with Crippen LogP contribution >= 0.6 is 0 Å². The van der Waals surface area contributed by atoms with Crippen LogP contribution in [0.15, 0.2) is 53.6 Å². The molecule has 3 rings (SSSR count). The Morgan fingerprint density at radius 1 is 1.38 bits per heavy atom. The number of likely N-dealkylation sites (N-methyl/N-ethyl adjacent to an activating group) is 1. The van der Waals surface area contributed by atoms with Gasteiger partial charge < -0.3 is 10.5 Å². The highest BCUT2D eigenvalue weighted by atomic mass is 16.5. The summed E-state index contributed by atoms with van der Waals surface area (Å²) in [5.74, 6) is 0.197. The first kappa shape index (κ1) is 18.6. The molecule has 2 aliphatic carbocycles. The summed E-state index contributed by atoms with van der Waals surface area (Å²) in [4.78, 5) is 19.7. The molecule has 0 aromatic rings. The molecule has 0 bridgehead atoms. The average Bonchev–Trinajstić information content (AvgIpc) is 2.91. The summed E-state index contributed by atoms with van der Waals surface area (Å²) >= 11 is 0. The van der Waals surface area contributed by atoms with Gasteiger partial charge >= 0.3 is 0 Å². The maximum Gasteiger partial charge on any atom is 0.262 e. The second kappa shape index (κ2) is 6.88. The second-order valence-electron chi connectivity index (χ2n) is 7.57. The fraction of sp³-hybridized carbons (Fsp3) is 0.524. The third kappa shape index (κ3) is 2.65. The molecule has 5 nitrogen and oxygen atoms in total. The van der Waals surface area contributed by atoms with Crippen LogP contribution < -0.4 is 5.73 Å². The summed E-state index contributed by atoms with van der Waals surface area (Å²) in [7, 11) is 3.45. The van der Waals surface area contributed by atoms with Crippen molar-refractivity contribution in [1.29, 1.82) is 0 Å². The molecule has 140 valence electrons. The Morgan fingerprint density at radius 2 is 2.08 bits per heavy atom. The molecule has 26 heavy (non-hydrogen) atoms. The summed E-state index contributed by atoms with van der Waals surface area (Å²) < 4.78 is 5.57. The number of methoxy groups -OCH3 is 1. The summed E-state index contributed by atoms with van der Waals surface area (Å²) in [6.07, 6.45) is 13.5. The van der Waals surface area contributed by atoms with Crippen molar-refractivity contribution >= 4 is 11.9 Å². The van der Waals surface area contributed by atoms with Crippen LogP contribution in [0.4, 0.5) is 0 Å². The van der Waals surface area contributed by atoms with Crippen LogP contribution in [0.25, 0.3) is 0 Å². The van der Waals surface area contributed by atoms with Crippen molar-refractivity contribution in [1.82, 2.24) is 4.90 Å². The Labute approximate surface area is 156 Å². The van der Waals surface area contributed by atoms with E-state index < -0.39 is 5.54 Å². The SMILES string of the molecule is C=CC1=CC(=C)C2(N=C(N)N(C)C2=O)C2(CCC=C1)CCC(OC)CC2. The Balaban J connectivity index is 2.16. The zero-order valence-electron chi connectivity index (χ0n) is 15.8. The molecule has 1 atom stereocenters. The van der Waals surface area contributed by atoms with E-state index in [4.69, 9.17) is 15.5 Å². The number of aliphatic imine (C=N–C) groups is 1. The van der Waals surface area contributed by atoms with Gasteiger partial charge in [0.05, 0.1) is 6.10 Å². The normalized spacial score (nSPS) is 35.2. The molecule has 1 amide bonds. The average molecular weight is 355 g/mol. The van der Waals surface area contributed by atoms with Crippen LogP contribution in [0.1, 0.15) is 38.5 Å². The fourth-order valence-corrected chi connectivity index (χ4v) is 4.77. The van der Waals surface area contributed by atoms with Crippen LogP contribution in [0.5, 0.6) is 0 Å². The number of carbonyl (C=O) groups excluding carboxylic acids is 1. The van der Waals surface area contributed by atoms with Gasteiger partial charge in [-0.05, 0) is 55.7 Å². The molecule has 1 aliphatic heterocycles. The molecule has 0 aromatic heterocycles. The number of nitrogens with two attached hydrogens (primary N) is 1. The monoisotopic (exact) mass is 355 g/mol. The van der Waals surface area contributed by atoms with Crippen molar-refractivity contribution in [3.05, 3.63) is 48.6 Å². The van der Waals surface area contributed by atoms with Crippen LogP contribution in [0, 0.1) is 5.41 Å². The highest BCUT2D eigenvalue weighted by Gasteiger charge is 2.62. The lowest BCUT2D eigenvalue weighted by Gasteiger charge is -2.49. The summed E-state index contributed by atoms with van der Waals surface area (Å²) in [5, 5.41) is 0. The first-order valence-electron chi connectivity index (χ1n) is 9.26. The smallest absolute Gasteiger partial charge is 0.262 e. The van der Waals surface area contributed by atoms with Gasteiger partial charge in [-0.25, -0.2) is 4.99 Å². The summed E-state index contributed by atoms with van der Waals surface area (Å²) in [5.41, 5.74) is 6.41. The molecule has 0 saturated heterocycles. The predicted octanol–water partition coefficient (Wildman–Crippen LogP) is 3.11. The van der Waals surface area contributed by atoms with E-state index in [0.29, 0.717) is 5.57 Å². The van der Waals surface area contributed by atoms with Gasteiger partial charge in [0.2, 0.25) is 0 Å². The summed E-state index contributed by atoms with van der Waals surface area (Å²) in [6.45, 7) is 8.18. The molecule has 0 radical (unpaired) electrons. The number of carbonyl (C=O) groups is 1. The lowest BCUT2D eigenvalue weighted by atomic mass is 9.56. The zero-order chi connectivity index (χ0) is 18.9. The topological polar surface area (TPSA) is 67.9 Å². The molecule has 2 N–H and O–H groups in total. The first-order chi connectivity index (χ1) is 12.4. The van der Waals surface area contributed by atoms with Crippen LogP contribution in [-0.4, -0.2) is 42.6 Å². The van der Waals surface area contributed by atoms with E-state index >= 15 is 0 Å². The highest BCUT2D eigenvalue weighted by molar-refractivity contribution is 6.09. The van der Waals surface area contributed by atoms with E-state index in [1.165, 1.54) is 4.90 Å². The van der Waals surface area contributed by atoms with Crippen molar-refractivity contribution in [3.63, 3.8) is 0 Å². The van der Waals surface area contributed by atoms with E-state index in [0.717, 1.165) is 44.1 Å². The number of hydrogen-bond donors (Lipinski definition) is 1. The minimum atomic E-state index is -1.04. The molecular formula is C21H29N3O2. The molecule has 1 fully saturated rings. The van der Waals surface area contributed by atoms with E-state index in [9.17, 15) is 4.79 Å². The minimum Gasteiger partial charge on any atom is -0.381 e. The Kier molecular flexibility index (Phi) is 4.93. The van der Waals surface area contributed by atoms with Gasteiger partial charge in [-0.3, -0.25) is 9.69 Å². The predicted molar refractivity (Wildman–Crippen MR) is 105 cm³/mol. The van der Waals surface area contributed by atoms with Crippen LogP contribution in [0.2, 0.25) is 0 Å². The van der Waals surface area contributed by atoms with Crippen molar-refractivity contribution < 1.29 is 9.53 Å². The minimum absolute atomic E-state index is 0.0718. The Hall–Kier alpha value is -2.14. The van der Waals surface area contributed by atoms with Gasteiger partial charge in [0.25, 0.3) is 5.91 Å². The number of allylic oxidation sites excluding steroid dienone is 4. The van der Waals surface area contributed by atoms with Crippen molar-refractivity contribution in [2.45, 2.75) is 50.2 Å². The molecule has 1 saturated carbocycles. The van der Waals surface area contributed by atoms with Gasteiger partial charge in [-0.15, -0.1) is 0 Å². The molecule has 2 spiro atoms. The Morgan fingerprint density at radius 3 is 2.62 bits per heavy atom. The van der Waals surface area contributed by atoms with Gasteiger partial charge in [-0.1, -0.05) is 31.4 Å². The van der Waals surface area contributed by atoms with Gasteiger partial charge in [0.15, 0.2) is 11.5 Å². The number of nitrogens with zero attached hydrogens (tertiary/aromatic N) is 2. The number of rotatable bonds is 2. The fourth-order valence-electron chi connectivity index (χ4n) is 4.77. The maximum absolute atomic E-state index is 13.5. The number of fused-ring (bicyclic) bond motifs is 1. The standard InChI is InChI=1S/C21H29N3O2/c1-5-16-8-6-7-11-20(12-9-17(26-4)10-13-20)21(15(2)14-16)18(25)24(3)19(22)23-21/h5-6,8,14,17H,1-2,7,9-13H2,3-4H3,(H2,22,23). The lowest BCUT2D eigenvalue weighted by Crippen LogP contribution is -2.56. The second-order valence-corrected chi connectivity index (χ2v) is 7.57. The maximum atomic E-state index is 13.5. The number of amides is 1. The number of hydrogen-bond acceptors (Lipinski definition) is 4. The largest absolute Gasteiger partial charge is 0.381 e. The molecule has 1 unspecified atom stereocenters. The zero-order valence-corrected chi connectivity index (χ0v) is 15.8. The molecule has 5 heteroatoms. The van der Waals surface area contributed by atoms with Crippen molar-refractivity contribution in [2.75, 3.05) is 14.2 Å². The van der Waals surface area contributed by atoms with Gasteiger partial charge in [-0.2, -0.15) is 0 Å². The highest BCUT2D eigenvalue weighted by Crippen LogP contribution is 2.56. The molecule has 1 heterocycles.